The van der Waals surface area contributed by atoms with Crippen molar-refractivity contribution < 1.29 is 4.79 Å². The number of carbonyl (C=O) groups excluding carboxylic acids is 1. The van der Waals surface area contributed by atoms with Gasteiger partial charge in [0, 0.05) is 14.1 Å². The first-order valence-corrected chi connectivity index (χ1v) is 3.16. The summed E-state index contributed by atoms with van der Waals surface area (Å²) in [7, 11) is 3.56. The zero-order valence-electron chi connectivity index (χ0n) is 6.26. The van der Waals surface area contributed by atoms with E-state index in [4.69, 9.17) is 0 Å². The Morgan fingerprint density at radius 3 is 2.20 bits per heavy atom. The Bertz CT molecular complexity index is 123. The molecule has 60 valence electrons. The number of nitrogens with zero attached hydrogens (tertiary/aromatic N) is 1. The summed E-state index contributed by atoms with van der Waals surface area (Å²) in [6, 6.07) is 0.111. The van der Waals surface area contributed by atoms with Crippen LogP contribution in [-0.2, 0) is 4.79 Å². The van der Waals surface area contributed by atoms with Crippen molar-refractivity contribution in [2.24, 2.45) is 0 Å². The predicted octanol–water partition coefficient (Wildman–Crippen LogP) is -0.142. The van der Waals surface area contributed by atoms with Crippen molar-refractivity contribution >= 4 is 18.3 Å². The van der Waals surface area contributed by atoms with Crippen molar-refractivity contribution in [2.75, 3.05) is 20.6 Å². The number of halogens is 1. The first-order valence-electron chi connectivity index (χ1n) is 3.16. The highest BCUT2D eigenvalue weighted by atomic mass is 35.5. The summed E-state index contributed by atoms with van der Waals surface area (Å²) in [5.41, 5.74) is 0. The molecule has 0 aromatic rings. The van der Waals surface area contributed by atoms with E-state index in [2.05, 4.69) is 5.32 Å². The summed E-state index contributed by atoms with van der Waals surface area (Å²) in [4.78, 5) is 12.6. The van der Waals surface area contributed by atoms with Crippen LogP contribution in [0.3, 0.4) is 0 Å². The SMILES string of the molecule is CN(C)C(=O)C1CCN1.Cl. The molecule has 1 saturated heterocycles. The molecule has 1 heterocycles. The summed E-state index contributed by atoms with van der Waals surface area (Å²) in [5.74, 6) is 0.196. The van der Waals surface area contributed by atoms with Gasteiger partial charge in [-0.15, -0.1) is 12.4 Å². The molecule has 0 aromatic heterocycles. The number of hydrogen-bond donors (Lipinski definition) is 1. The molecular weight excluding hydrogens is 152 g/mol. The van der Waals surface area contributed by atoms with E-state index in [0.717, 1.165) is 13.0 Å². The van der Waals surface area contributed by atoms with Crippen molar-refractivity contribution in [2.45, 2.75) is 12.5 Å². The second-order valence-corrected chi connectivity index (χ2v) is 2.53. The maximum absolute atomic E-state index is 11.0. The Labute approximate surface area is 67.2 Å². The van der Waals surface area contributed by atoms with E-state index >= 15 is 0 Å². The Balaban J connectivity index is 0.000000810. The van der Waals surface area contributed by atoms with Gasteiger partial charge in [-0.25, -0.2) is 0 Å². The van der Waals surface area contributed by atoms with Crippen LogP contribution in [0.25, 0.3) is 0 Å². The lowest BCUT2D eigenvalue weighted by Crippen LogP contribution is -2.52. The van der Waals surface area contributed by atoms with Crippen LogP contribution in [0, 0.1) is 0 Å². The Morgan fingerprint density at radius 1 is 1.60 bits per heavy atom. The molecule has 4 heteroatoms. The Hall–Kier alpha value is -0.280. The molecule has 0 spiro atoms. The van der Waals surface area contributed by atoms with Crippen LogP contribution in [0.15, 0.2) is 0 Å². The second kappa shape index (κ2) is 3.78. The molecule has 0 radical (unpaired) electrons. The van der Waals surface area contributed by atoms with E-state index in [0.29, 0.717) is 0 Å². The van der Waals surface area contributed by atoms with Crippen molar-refractivity contribution in [1.82, 2.24) is 10.2 Å². The molecular formula is C6H13ClN2O. The summed E-state index contributed by atoms with van der Waals surface area (Å²) in [5, 5.41) is 3.04. The van der Waals surface area contributed by atoms with Crippen LogP contribution >= 0.6 is 12.4 Å². The van der Waals surface area contributed by atoms with Crippen LogP contribution in [0.1, 0.15) is 6.42 Å². The van der Waals surface area contributed by atoms with Gasteiger partial charge >= 0.3 is 0 Å². The number of nitrogens with one attached hydrogen (secondary N) is 1. The summed E-state index contributed by atoms with van der Waals surface area (Å²) in [6.07, 6.45) is 0.997. The standard InChI is InChI=1S/C6H12N2O.ClH/c1-8(2)6(9)5-3-4-7-5;/h5,7H,3-4H2,1-2H3;1H. The molecule has 0 bridgehead atoms. The van der Waals surface area contributed by atoms with Gasteiger partial charge in [0.25, 0.3) is 0 Å². The lowest BCUT2D eigenvalue weighted by atomic mass is 10.1. The molecule has 0 aromatic carbocycles. The number of amides is 1. The normalized spacial score (nSPS) is 22.4. The predicted molar refractivity (Wildman–Crippen MR) is 42.3 cm³/mol. The molecule has 1 aliphatic rings. The third-order valence-electron chi connectivity index (χ3n) is 1.56. The van der Waals surface area contributed by atoms with E-state index in [1.807, 2.05) is 0 Å². The molecule has 3 nitrogen and oxygen atoms in total. The molecule has 1 rings (SSSR count). The smallest absolute Gasteiger partial charge is 0.239 e. The molecule has 1 amide bonds. The highest BCUT2D eigenvalue weighted by Gasteiger charge is 2.25. The van der Waals surface area contributed by atoms with Gasteiger partial charge in [-0.3, -0.25) is 4.79 Å². The number of carbonyl (C=O) groups is 1. The van der Waals surface area contributed by atoms with Crippen LogP contribution < -0.4 is 5.32 Å². The van der Waals surface area contributed by atoms with Crippen LogP contribution in [0.5, 0.6) is 0 Å². The van der Waals surface area contributed by atoms with Gasteiger partial charge in [-0.2, -0.15) is 0 Å². The molecule has 1 fully saturated rings. The van der Waals surface area contributed by atoms with E-state index in [-0.39, 0.29) is 24.4 Å². The Kier molecular flexibility index (Phi) is 3.68. The number of hydrogen-bond acceptors (Lipinski definition) is 2. The molecule has 1 N–H and O–H groups in total. The average Bonchev–Trinajstić information content (AvgIpc) is 1.60. The highest BCUT2D eigenvalue weighted by Crippen LogP contribution is 2.03. The molecule has 1 unspecified atom stereocenters. The van der Waals surface area contributed by atoms with Crippen molar-refractivity contribution in [3.8, 4) is 0 Å². The van der Waals surface area contributed by atoms with Crippen molar-refractivity contribution in [3.05, 3.63) is 0 Å². The molecule has 0 aliphatic carbocycles. The first-order chi connectivity index (χ1) is 4.22. The maximum Gasteiger partial charge on any atom is 0.239 e. The third-order valence-corrected chi connectivity index (χ3v) is 1.56. The van der Waals surface area contributed by atoms with Crippen molar-refractivity contribution in [3.63, 3.8) is 0 Å². The van der Waals surface area contributed by atoms with E-state index in [9.17, 15) is 4.79 Å². The minimum absolute atomic E-state index is 0. The fraction of sp³-hybridized carbons (Fsp3) is 0.833. The van der Waals surface area contributed by atoms with Gasteiger partial charge < -0.3 is 10.2 Å². The van der Waals surface area contributed by atoms with Crippen molar-refractivity contribution in [1.29, 1.82) is 0 Å². The van der Waals surface area contributed by atoms with Gasteiger partial charge in [0.2, 0.25) is 5.91 Å². The number of rotatable bonds is 1. The van der Waals surface area contributed by atoms with E-state index in [1.54, 1.807) is 19.0 Å². The maximum atomic E-state index is 11.0. The van der Waals surface area contributed by atoms with E-state index in [1.165, 1.54) is 0 Å². The molecule has 1 atom stereocenters. The molecule has 10 heavy (non-hydrogen) atoms. The number of likely N-dealkylation sites (N-methyl/N-ethyl adjacent to an activating group) is 1. The second-order valence-electron chi connectivity index (χ2n) is 2.53. The lowest BCUT2D eigenvalue weighted by Gasteiger charge is -2.28. The topological polar surface area (TPSA) is 32.3 Å². The first kappa shape index (κ1) is 9.72. The quantitative estimate of drug-likeness (QED) is 0.585. The van der Waals surface area contributed by atoms with Crippen LogP contribution in [-0.4, -0.2) is 37.5 Å². The largest absolute Gasteiger partial charge is 0.347 e. The zero-order valence-corrected chi connectivity index (χ0v) is 7.07. The van der Waals surface area contributed by atoms with Gasteiger partial charge in [0.05, 0.1) is 6.04 Å². The van der Waals surface area contributed by atoms with E-state index < -0.39 is 0 Å². The average molecular weight is 165 g/mol. The lowest BCUT2D eigenvalue weighted by molar-refractivity contribution is -0.132. The third kappa shape index (κ3) is 1.85. The minimum atomic E-state index is 0. The summed E-state index contributed by atoms with van der Waals surface area (Å²) in [6.45, 7) is 0.990. The van der Waals surface area contributed by atoms with Gasteiger partial charge in [-0.1, -0.05) is 0 Å². The summed E-state index contributed by atoms with van der Waals surface area (Å²) >= 11 is 0. The highest BCUT2D eigenvalue weighted by molar-refractivity contribution is 5.85. The van der Waals surface area contributed by atoms with Gasteiger partial charge in [0.1, 0.15) is 0 Å². The van der Waals surface area contributed by atoms with Crippen LogP contribution in [0.2, 0.25) is 0 Å². The zero-order chi connectivity index (χ0) is 6.85. The monoisotopic (exact) mass is 164 g/mol. The van der Waals surface area contributed by atoms with Crippen LogP contribution in [0.4, 0.5) is 0 Å². The minimum Gasteiger partial charge on any atom is -0.347 e. The fourth-order valence-corrected chi connectivity index (χ4v) is 0.811. The van der Waals surface area contributed by atoms with Gasteiger partial charge in [-0.05, 0) is 13.0 Å². The molecule has 1 aliphatic heterocycles. The molecule has 0 saturated carbocycles. The Morgan fingerprint density at radius 2 is 2.10 bits per heavy atom. The van der Waals surface area contributed by atoms with Gasteiger partial charge in [0.15, 0.2) is 0 Å². The summed E-state index contributed by atoms with van der Waals surface area (Å²) < 4.78 is 0. The fourth-order valence-electron chi connectivity index (χ4n) is 0.811.